The summed E-state index contributed by atoms with van der Waals surface area (Å²) in [5.41, 5.74) is 0.353. The Morgan fingerprint density at radius 2 is 2.09 bits per heavy atom. The minimum absolute atomic E-state index is 0.0518. The standard InChI is InChI=1S/C16H23ClN4O/c1-11(2)10-21(12-5-6-12)15(22)14-13(17)9-18-16(19-14)20-7-3-4-8-20/h9,11-12H,3-8,10H2,1-2H3. The molecule has 120 valence electrons. The van der Waals surface area contributed by atoms with Crippen molar-refractivity contribution >= 4 is 23.5 Å². The number of carbonyl (C=O) groups is 1. The summed E-state index contributed by atoms with van der Waals surface area (Å²) in [7, 11) is 0. The van der Waals surface area contributed by atoms with Crippen LogP contribution < -0.4 is 4.90 Å². The molecular formula is C16H23ClN4O. The smallest absolute Gasteiger partial charge is 0.274 e. The van der Waals surface area contributed by atoms with Gasteiger partial charge >= 0.3 is 0 Å². The van der Waals surface area contributed by atoms with Crippen LogP contribution in [0.1, 0.15) is 50.0 Å². The molecule has 1 aromatic heterocycles. The highest BCUT2D eigenvalue weighted by Crippen LogP contribution is 2.30. The fraction of sp³-hybridized carbons (Fsp3) is 0.688. The van der Waals surface area contributed by atoms with E-state index in [0.717, 1.165) is 45.3 Å². The van der Waals surface area contributed by atoms with Gasteiger partial charge in [0, 0.05) is 25.7 Å². The lowest BCUT2D eigenvalue weighted by atomic mass is 10.2. The zero-order valence-electron chi connectivity index (χ0n) is 13.3. The molecule has 1 saturated carbocycles. The lowest BCUT2D eigenvalue weighted by molar-refractivity contribution is 0.0716. The van der Waals surface area contributed by atoms with Crippen LogP contribution in [0.3, 0.4) is 0 Å². The third-order valence-corrected chi connectivity index (χ3v) is 4.41. The van der Waals surface area contributed by atoms with Crippen molar-refractivity contribution in [3.8, 4) is 0 Å². The van der Waals surface area contributed by atoms with Gasteiger partial charge in [0.25, 0.3) is 5.91 Å². The average molecular weight is 323 g/mol. The molecule has 1 amide bonds. The maximum Gasteiger partial charge on any atom is 0.274 e. The number of amides is 1. The number of anilines is 1. The monoisotopic (exact) mass is 322 g/mol. The van der Waals surface area contributed by atoms with Crippen LogP contribution in [0, 0.1) is 5.92 Å². The Bertz CT molecular complexity index is 553. The van der Waals surface area contributed by atoms with Gasteiger partial charge in [0.2, 0.25) is 5.95 Å². The summed E-state index contributed by atoms with van der Waals surface area (Å²) < 4.78 is 0. The highest BCUT2D eigenvalue weighted by Gasteiger charge is 2.35. The van der Waals surface area contributed by atoms with Crippen molar-refractivity contribution in [3.63, 3.8) is 0 Å². The number of carbonyl (C=O) groups excluding carboxylic acids is 1. The summed E-state index contributed by atoms with van der Waals surface area (Å²) in [6.45, 7) is 6.91. The van der Waals surface area contributed by atoms with Crippen molar-refractivity contribution in [1.82, 2.24) is 14.9 Å². The van der Waals surface area contributed by atoms with E-state index in [0.29, 0.717) is 28.6 Å². The van der Waals surface area contributed by atoms with E-state index < -0.39 is 0 Å². The molecule has 2 heterocycles. The number of aromatic nitrogens is 2. The van der Waals surface area contributed by atoms with Crippen molar-refractivity contribution in [3.05, 3.63) is 16.9 Å². The normalized spacial score (nSPS) is 18.1. The molecule has 0 bridgehead atoms. The van der Waals surface area contributed by atoms with Crippen LogP contribution >= 0.6 is 11.6 Å². The first-order valence-electron chi connectivity index (χ1n) is 8.14. The van der Waals surface area contributed by atoms with E-state index >= 15 is 0 Å². The summed E-state index contributed by atoms with van der Waals surface area (Å²) in [6.07, 6.45) is 6.03. The molecule has 1 aliphatic heterocycles. The molecular weight excluding hydrogens is 300 g/mol. The van der Waals surface area contributed by atoms with Gasteiger partial charge in [-0.2, -0.15) is 0 Å². The molecule has 2 aliphatic rings. The molecule has 0 radical (unpaired) electrons. The van der Waals surface area contributed by atoms with Crippen LogP contribution in [0.15, 0.2) is 6.20 Å². The molecule has 1 aromatic rings. The van der Waals surface area contributed by atoms with Gasteiger partial charge < -0.3 is 9.80 Å². The SMILES string of the molecule is CC(C)CN(C(=O)c1nc(N2CCCC2)ncc1Cl)C1CC1. The fourth-order valence-corrected chi connectivity index (χ4v) is 3.06. The second-order valence-corrected chi connectivity index (χ2v) is 7.05. The minimum Gasteiger partial charge on any atom is -0.341 e. The van der Waals surface area contributed by atoms with E-state index in [-0.39, 0.29) is 5.91 Å². The third-order valence-electron chi connectivity index (χ3n) is 4.13. The Hall–Kier alpha value is -1.36. The zero-order chi connectivity index (χ0) is 15.7. The third kappa shape index (κ3) is 3.35. The van der Waals surface area contributed by atoms with Gasteiger partial charge in [-0.1, -0.05) is 25.4 Å². The molecule has 1 aliphatic carbocycles. The van der Waals surface area contributed by atoms with Crippen molar-refractivity contribution in [1.29, 1.82) is 0 Å². The summed E-state index contributed by atoms with van der Waals surface area (Å²) in [4.78, 5) is 25.7. The molecule has 3 rings (SSSR count). The van der Waals surface area contributed by atoms with E-state index in [9.17, 15) is 4.79 Å². The lowest BCUT2D eigenvalue weighted by Gasteiger charge is -2.25. The van der Waals surface area contributed by atoms with E-state index in [1.165, 1.54) is 0 Å². The second-order valence-electron chi connectivity index (χ2n) is 6.64. The lowest BCUT2D eigenvalue weighted by Crippen LogP contribution is -2.37. The summed E-state index contributed by atoms with van der Waals surface area (Å²) in [5.74, 6) is 1.01. The molecule has 5 nitrogen and oxygen atoms in total. The topological polar surface area (TPSA) is 49.3 Å². The fourth-order valence-electron chi connectivity index (χ4n) is 2.89. The molecule has 0 aromatic carbocycles. The van der Waals surface area contributed by atoms with Crippen molar-refractivity contribution in [2.75, 3.05) is 24.5 Å². The van der Waals surface area contributed by atoms with Crippen LogP contribution in [0.25, 0.3) is 0 Å². The molecule has 6 heteroatoms. The van der Waals surface area contributed by atoms with Crippen LogP contribution in [0.5, 0.6) is 0 Å². The van der Waals surface area contributed by atoms with Gasteiger partial charge in [0.1, 0.15) is 0 Å². The Kier molecular flexibility index (Phi) is 4.52. The van der Waals surface area contributed by atoms with E-state index in [1.54, 1.807) is 6.20 Å². The first kappa shape index (κ1) is 15.5. The Labute approximate surface area is 136 Å². The minimum atomic E-state index is -0.0518. The van der Waals surface area contributed by atoms with Crippen LogP contribution in [0.4, 0.5) is 5.95 Å². The zero-order valence-corrected chi connectivity index (χ0v) is 14.0. The largest absolute Gasteiger partial charge is 0.341 e. The first-order valence-corrected chi connectivity index (χ1v) is 8.52. The highest BCUT2D eigenvalue weighted by molar-refractivity contribution is 6.33. The number of rotatable bonds is 5. The quantitative estimate of drug-likeness (QED) is 0.836. The van der Waals surface area contributed by atoms with Gasteiger partial charge in [0.15, 0.2) is 5.69 Å². The Morgan fingerprint density at radius 1 is 1.41 bits per heavy atom. The number of hydrogen-bond donors (Lipinski definition) is 0. The molecule has 0 atom stereocenters. The van der Waals surface area contributed by atoms with Gasteiger partial charge in [-0.15, -0.1) is 0 Å². The molecule has 22 heavy (non-hydrogen) atoms. The van der Waals surface area contributed by atoms with Gasteiger partial charge in [0.05, 0.1) is 11.2 Å². The number of hydrogen-bond acceptors (Lipinski definition) is 4. The summed E-state index contributed by atoms with van der Waals surface area (Å²) in [6, 6.07) is 0.358. The van der Waals surface area contributed by atoms with E-state index in [2.05, 4.69) is 28.7 Å². The predicted molar refractivity (Wildman–Crippen MR) is 87.4 cm³/mol. The van der Waals surface area contributed by atoms with Gasteiger partial charge in [-0.3, -0.25) is 4.79 Å². The molecule has 0 spiro atoms. The van der Waals surface area contributed by atoms with Gasteiger partial charge in [-0.05, 0) is 31.6 Å². The molecule has 2 fully saturated rings. The molecule has 1 saturated heterocycles. The number of nitrogens with zero attached hydrogens (tertiary/aromatic N) is 4. The van der Waals surface area contributed by atoms with E-state index in [4.69, 9.17) is 11.6 Å². The maximum absolute atomic E-state index is 12.9. The molecule has 0 N–H and O–H groups in total. The Balaban J connectivity index is 1.85. The number of halogens is 1. The summed E-state index contributed by atoms with van der Waals surface area (Å²) >= 11 is 6.21. The van der Waals surface area contributed by atoms with Crippen molar-refractivity contribution in [2.24, 2.45) is 5.92 Å². The van der Waals surface area contributed by atoms with Crippen LogP contribution in [0.2, 0.25) is 5.02 Å². The molecule has 0 unspecified atom stereocenters. The van der Waals surface area contributed by atoms with Crippen molar-refractivity contribution in [2.45, 2.75) is 45.6 Å². The van der Waals surface area contributed by atoms with Crippen LogP contribution in [-0.4, -0.2) is 46.5 Å². The highest BCUT2D eigenvalue weighted by atomic mass is 35.5. The maximum atomic E-state index is 12.9. The second kappa shape index (κ2) is 6.41. The summed E-state index contributed by atoms with van der Waals surface area (Å²) in [5, 5.41) is 0.349. The Morgan fingerprint density at radius 3 is 2.68 bits per heavy atom. The van der Waals surface area contributed by atoms with Crippen LogP contribution in [-0.2, 0) is 0 Å². The average Bonchev–Trinajstić information content (AvgIpc) is 3.18. The van der Waals surface area contributed by atoms with Gasteiger partial charge in [-0.25, -0.2) is 9.97 Å². The first-order chi connectivity index (χ1) is 10.6. The predicted octanol–water partition coefficient (Wildman–Crippen LogP) is 2.99. The van der Waals surface area contributed by atoms with Crippen molar-refractivity contribution < 1.29 is 4.79 Å². The van der Waals surface area contributed by atoms with E-state index in [1.807, 2.05) is 4.90 Å².